The van der Waals surface area contributed by atoms with E-state index in [9.17, 15) is 4.79 Å². The summed E-state index contributed by atoms with van der Waals surface area (Å²) in [4.78, 5) is 16.6. The van der Waals surface area contributed by atoms with E-state index in [1.165, 1.54) is 5.56 Å². The van der Waals surface area contributed by atoms with Gasteiger partial charge in [-0.3, -0.25) is 9.67 Å². The van der Waals surface area contributed by atoms with Gasteiger partial charge in [0.2, 0.25) is 0 Å². The monoisotopic (exact) mass is 348 g/mol. The van der Waals surface area contributed by atoms with Gasteiger partial charge in [-0.05, 0) is 36.6 Å². The first-order valence-electron chi connectivity index (χ1n) is 8.73. The number of fused-ring (bicyclic) bond motifs is 1. The molecule has 0 radical (unpaired) electrons. The Balaban J connectivity index is 1.43. The molecule has 0 saturated heterocycles. The van der Waals surface area contributed by atoms with Crippen LogP contribution in [0.5, 0.6) is 0 Å². The lowest BCUT2D eigenvalue weighted by molar-refractivity contribution is 0.503. The highest BCUT2D eigenvalue weighted by molar-refractivity contribution is 5.73. The number of aromatic amines is 1. The number of rotatable bonds is 6. The fraction of sp³-hybridized carbons (Fsp3) is 0.250. The molecule has 26 heavy (non-hydrogen) atoms. The Labute approximate surface area is 150 Å². The van der Waals surface area contributed by atoms with Gasteiger partial charge < -0.3 is 4.42 Å². The minimum Gasteiger partial charge on any atom is -0.408 e. The van der Waals surface area contributed by atoms with E-state index >= 15 is 0 Å². The van der Waals surface area contributed by atoms with E-state index < -0.39 is 0 Å². The summed E-state index contributed by atoms with van der Waals surface area (Å²) in [6.07, 6.45) is 2.30. The zero-order valence-corrected chi connectivity index (χ0v) is 14.6. The molecule has 0 aliphatic heterocycles. The molecule has 0 spiro atoms. The number of H-pyrrole nitrogens is 1. The molecule has 0 unspecified atom stereocenters. The first kappa shape index (κ1) is 16.3. The quantitative estimate of drug-likeness (QED) is 0.581. The van der Waals surface area contributed by atoms with Crippen molar-refractivity contribution in [3.63, 3.8) is 0 Å². The third-order valence-corrected chi connectivity index (χ3v) is 4.45. The average molecular weight is 348 g/mol. The minimum atomic E-state index is -0.342. The van der Waals surface area contributed by atoms with E-state index in [0.29, 0.717) is 24.4 Å². The van der Waals surface area contributed by atoms with Crippen molar-refractivity contribution in [1.29, 1.82) is 0 Å². The zero-order valence-electron chi connectivity index (χ0n) is 14.6. The van der Waals surface area contributed by atoms with Crippen LogP contribution in [-0.4, -0.2) is 19.7 Å². The fourth-order valence-corrected chi connectivity index (χ4v) is 3.06. The molecule has 2 aromatic heterocycles. The van der Waals surface area contributed by atoms with Crippen molar-refractivity contribution >= 4 is 11.1 Å². The maximum absolute atomic E-state index is 12.1. The smallest absolute Gasteiger partial charge is 0.408 e. The summed E-state index contributed by atoms with van der Waals surface area (Å²) in [5.41, 5.74) is 3.79. The summed E-state index contributed by atoms with van der Waals surface area (Å²) < 4.78 is 6.94. The molecule has 0 bridgehead atoms. The highest BCUT2D eigenvalue weighted by atomic mass is 16.4. The lowest BCUT2D eigenvalue weighted by Crippen LogP contribution is -2.16. The Morgan fingerprint density at radius 2 is 1.92 bits per heavy atom. The van der Waals surface area contributed by atoms with Crippen molar-refractivity contribution in [3.05, 3.63) is 81.9 Å². The first-order chi connectivity index (χ1) is 12.7. The highest BCUT2D eigenvalue weighted by Crippen LogP contribution is 2.15. The number of benzene rings is 2. The van der Waals surface area contributed by atoms with Crippen LogP contribution in [0.3, 0.4) is 0 Å². The normalized spacial score (nSPS) is 11.3. The van der Waals surface area contributed by atoms with Crippen molar-refractivity contribution in [3.8, 4) is 0 Å². The Morgan fingerprint density at radius 1 is 1.08 bits per heavy atom. The van der Waals surface area contributed by atoms with Gasteiger partial charge in [-0.1, -0.05) is 36.4 Å². The number of aromatic nitrogens is 4. The van der Waals surface area contributed by atoms with Gasteiger partial charge in [0.25, 0.3) is 0 Å². The molecule has 6 nitrogen and oxygen atoms in total. The second-order valence-electron chi connectivity index (χ2n) is 6.42. The van der Waals surface area contributed by atoms with Crippen LogP contribution in [0.2, 0.25) is 0 Å². The molecular formula is C20H20N4O2. The third kappa shape index (κ3) is 3.44. The zero-order chi connectivity index (χ0) is 17.9. The Bertz CT molecular complexity index is 1080. The molecule has 0 amide bonds. The van der Waals surface area contributed by atoms with Gasteiger partial charge in [0.1, 0.15) is 5.82 Å². The summed E-state index contributed by atoms with van der Waals surface area (Å²) >= 11 is 0. The summed E-state index contributed by atoms with van der Waals surface area (Å²) in [7, 11) is 0. The molecule has 0 saturated carbocycles. The Hall–Kier alpha value is -3.15. The molecule has 0 atom stereocenters. The maximum Gasteiger partial charge on any atom is 0.419 e. The van der Waals surface area contributed by atoms with Crippen molar-refractivity contribution < 1.29 is 4.42 Å². The Morgan fingerprint density at radius 3 is 2.77 bits per heavy atom. The first-order valence-corrected chi connectivity index (χ1v) is 8.73. The average Bonchev–Trinajstić information content (AvgIpc) is 3.22. The van der Waals surface area contributed by atoms with Crippen LogP contribution in [0, 0.1) is 6.92 Å². The summed E-state index contributed by atoms with van der Waals surface area (Å²) in [5, 5.41) is 7.27. The van der Waals surface area contributed by atoms with Crippen LogP contribution in [0.1, 0.15) is 22.8 Å². The van der Waals surface area contributed by atoms with Gasteiger partial charge >= 0.3 is 5.76 Å². The summed E-state index contributed by atoms with van der Waals surface area (Å²) in [5.74, 6) is 1.23. The largest absolute Gasteiger partial charge is 0.419 e. The Kier molecular flexibility index (Phi) is 4.39. The predicted molar refractivity (Wildman–Crippen MR) is 99.1 cm³/mol. The van der Waals surface area contributed by atoms with Crippen LogP contribution >= 0.6 is 0 Å². The van der Waals surface area contributed by atoms with Crippen molar-refractivity contribution in [2.24, 2.45) is 0 Å². The maximum atomic E-state index is 12.1. The number of nitrogens with zero attached hydrogens (tertiary/aromatic N) is 3. The molecular weight excluding hydrogens is 328 g/mol. The molecule has 2 heterocycles. The molecule has 6 heteroatoms. The number of aryl methyl sites for hydroxylation is 5. The van der Waals surface area contributed by atoms with E-state index in [2.05, 4.69) is 27.3 Å². The number of oxazole rings is 1. The van der Waals surface area contributed by atoms with Gasteiger partial charge in [0.15, 0.2) is 11.4 Å². The lowest BCUT2D eigenvalue weighted by Gasteiger charge is -2.00. The van der Waals surface area contributed by atoms with Gasteiger partial charge in [-0.2, -0.15) is 5.10 Å². The van der Waals surface area contributed by atoms with Crippen LogP contribution < -0.4 is 5.76 Å². The SMILES string of the molecule is Cc1ccc2oc(=O)n(CCc3n[nH]c(CCc4ccccc4)n3)c2c1. The van der Waals surface area contributed by atoms with E-state index in [4.69, 9.17) is 4.42 Å². The van der Waals surface area contributed by atoms with Crippen LogP contribution in [-0.2, 0) is 25.8 Å². The molecule has 0 fully saturated rings. The van der Waals surface area contributed by atoms with Crippen molar-refractivity contribution in [2.75, 3.05) is 0 Å². The van der Waals surface area contributed by atoms with Gasteiger partial charge in [-0.25, -0.2) is 9.78 Å². The molecule has 0 aliphatic rings. The number of hydrogen-bond acceptors (Lipinski definition) is 4. The van der Waals surface area contributed by atoms with Crippen molar-refractivity contribution in [1.82, 2.24) is 19.7 Å². The van der Waals surface area contributed by atoms with Gasteiger partial charge in [0.05, 0.1) is 5.52 Å². The van der Waals surface area contributed by atoms with Crippen LogP contribution in [0.4, 0.5) is 0 Å². The second-order valence-corrected chi connectivity index (χ2v) is 6.42. The molecule has 132 valence electrons. The number of nitrogens with one attached hydrogen (secondary N) is 1. The topological polar surface area (TPSA) is 76.7 Å². The summed E-state index contributed by atoms with van der Waals surface area (Å²) in [6.45, 7) is 2.49. The van der Waals surface area contributed by atoms with E-state index in [-0.39, 0.29) is 5.76 Å². The second kappa shape index (κ2) is 7.00. The molecule has 4 aromatic rings. The van der Waals surface area contributed by atoms with Gasteiger partial charge in [-0.15, -0.1) is 0 Å². The summed E-state index contributed by atoms with van der Waals surface area (Å²) in [6, 6.07) is 16.0. The highest BCUT2D eigenvalue weighted by Gasteiger charge is 2.11. The van der Waals surface area contributed by atoms with E-state index in [1.54, 1.807) is 4.57 Å². The third-order valence-electron chi connectivity index (χ3n) is 4.45. The van der Waals surface area contributed by atoms with Crippen LogP contribution in [0.15, 0.2) is 57.7 Å². The minimum absolute atomic E-state index is 0.342. The predicted octanol–water partition coefficient (Wildman–Crippen LogP) is 3.05. The van der Waals surface area contributed by atoms with Gasteiger partial charge in [0, 0.05) is 19.4 Å². The van der Waals surface area contributed by atoms with Crippen LogP contribution in [0.25, 0.3) is 11.1 Å². The fourth-order valence-electron chi connectivity index (χ4n) is 3.06. The number of hydrogen-bond donors (Lipinski definition) is 1. The van der Waals surface area contributed by atoms with E-state index in [0.717, 1.165) is 29.7 Å². The van der Waals surface area contributed by atoms with Crippen molar-refractivity contribution in [2.45, 2.75) is 32.7 Å². The standard InChI is InChI=1S/C20H20N4O2/c1-14-7-9-17-16(13-14)24(20(25)26-17)12-11-19-21-18(22-23-19)10-8-15-5-3-2-4-6-15/h2-7,9,13H,8,10-12H2,1H3,(H,21,22,23). The molecule has 0 aliphatic carbocycles. The molecule has 1 N–H and O–H groups in total. The molecule has 2 aromatic carbocycles. The lowest BCUT2D eigenvalue weighted by atomic mass is 10.1. The molecule has 4 rings (SSSR count). The van der Waals surface area contributed by atoms with E-state index in [1.807, 2.05) is 43.3 Å².